The van der Waals surface area contributed by atoms with Crippen LogP contribution in [0.25, 0.3) is 11.2 Å². The molecular formula is C10H14N6O2. The van der Waals surface area contributed by atoms with Gasteiger partial charge in [0.15, 0.2) is 11.5 Å². The number of fused-ring (bicyclic) bond motifs is 1. The van der Waals surface area contributed by atoms with Crippen molar-refractivity contribution in [3.63, 3.8) is 0 Å². The van der Waals surface area contributed by atoms with Crippen LogP contribution < -0.4 is 11.5 Å². The number of nitrogens with two attached hydrogens (primary N) is 2. The Balaban J connectivity index is 2.03. The van der Waals surface area contributed by atoms with Gasteiger partial charge in [0.2, 0.25) is 5.95 Å². The monoisotopic (exact) mass is 250 g/mol. The molecule has 3 heterocycles. The second kappa shape index (κ2) is 4.07. The molecule has 2 atom stereocenters. The van der Waals surface area contributed by atoms with Gasteiger partial charge in [-0.15, -0.1) is 0 Å². The molecule has 1 aliphatic rings. The molecular weight excluding hydrogens is 236 g/mol. The van der Waals surface area contributed by atoms with E-state index in [4.69, 9.17) is 21.3 Å². The van der Waals surface area contributed by atoms with Crippen LogP contribution in [0.4, 0.5) is 11.8 Å². The molecule has 5 N–H and O–H groups in total. The molecule has 0 aliphatic carbocycles. The Labute approximate surface area is 103 Å². The topological polar surface area (TPSA) is 125 Å². The number of anilines is 2. The Bertz CT molecular complexity index is 583. The van der Waals surface area contributed by atoms with Gasteiger partial charge < -0.3 is 21.3 Å². The van der Waals surface area contributed by atoms with Crippen LogP contribution in [0.1, 0.15) is 19.1 Å². The summed E-state index contributed by atoms with van der Waals surface area (Å²) in [6, 6.07) is 0. The molecule has 0 unspecified atom stereocenters. The molecule has 2 aromatic rings. The lowest BCUT2D eigenvalue weighted by Gasteiger charge is -2.13. The van der Waals surface area contributed by atoms with E-state index in [1.54, 1.807) is 10.9 Å². The highest BCUT2D eigenvalue weighted by Gasteiger charge is 2.27. The number of nitrogens with zero attached hydrogens (tertiary/aromatic N) is 4. The summed E-state index contributed by atoms with van der Waals surface area (Å²) in [6.07, 6.45) is 2.88. The van der Waals surface area contributed by atoms with Crippen molar-refractivity contribution in [3.8, 4) is 0 Å². The van der Waals surface area contributed by atoms with Crippen LogP contribution in [-0.4, -0.2) is 37.3 Å². The highest BCUT2D eigenvalue weighted by atomic mass is 16.5. The van der Waals surface area contributed by atoms with Gasteiger partial charge in [0, 0.05) is 0 Å². The second-order valence-corrected chi connectivity index (χ2v) is 4.26. The maximum atomic E-state index is 9.07. The smallest absolute Gasteiger partial charge is 0.224 e. The van der Waals surface area contributed by atoms with Crippen molar-refractivity contribution in [2.45, 2.75) is 25.2 Å². The minimum Gasteiger partial charge on any atom is -0.394 e. The van der Waals surface area contributed by atoms with E-state index in [9.17, 15) is 0 Å². The van der Waals surface area contributed by atoms with Crippen molar-refractivity contribution in [2.24, 2.45) is 0 Å². The fraction of sp³-hybridized carbons (Fsp3) is 0.500. The number of imidazole rings is 1. The molecule has 0 radical (unpaired) electrons. The summed E-state index contributed by atoms with van der Waals surface area (Å²) in [5, 5.41) is 9.07. The van der Waals surface area contributed by atoms with Crippen LogP contribution in [-0.2, 0) is 4.74 Å². The lowest BCUT2D eigenvalue weighted by molar-refractivity contribution is -0.0207. The van der Waals surface area contributed by atoms with Gasteiger partial charge in [-0.05, 0) is 12.8 Å². The van der Waals surface area contributed by atoms with Gasteiger partial charge in [-0.25, -0.2) is 4.98 Å². The van der Waals surface area contributed by atoms with Gasteiger partial charge in [0.25, 0.3) is 0 Å². The van der Waals surface area contributed by atoms with E-state index in [0.717, 1.165) is 12.8 Å². The molecule has 18 heavy (non-hydrogen) atoms. The molecule has 0 spiro atoms. The van der Waals surface area contributed by atoms with E-state index >= 15 is 0 Å². The van der Waals surface area contributed by atoms with E-state index in [-0.39, 0.29) is 30.7 Å². The second-order valence-electron chi connectivity index (χ2n) is 4.26. The van der Waals surface area contributed by atoms with Crippen molar-refractivity contribution in [1.29, 1.82) is 0 Å². The van der Waals surface area contributed by atoms with Crippen molar-refractivity contribution < 1.29 is 9.84 Å². The lowest BCUT2D eigenvalue weighted by atomic mass is 10.2. The first-order valence-corrected chi connectivity index (χ1v) is 5.71. The molecule has 1 saturated heterocycles. The molecule has 3 rings (SSSR count). The van der Waals surface area contributed by atoms with Gasteiger partial charge in [0.05, 0.1) is 19.0 Å². The number of aliphatic hydroxyl groups excluding tert-OH is 1. The van der Waals surface area contributed by atoms with Crippen LogP contribution >= 0.6 is 0 Å². The van der Waals surface area contributed by atoms with E-state index in [1.165, 1.54) is 0 Å². The Morgan fingerprint density at radius 2 is 2.22 bits per heavy atom. The third-order valence-corrected chi connectivity index (χ3v) is 3.06. The first-order chi connectivity index (χ1) is 8.69. The zero-order valence-corrected chi connectivity index (χ0v) is 9.65. The number of ether oxygens (including phenoxy) is 1. The summed E-state index contributed by atoms with van der Waals surface area (Å²) >= 11 is 0. The summed E-state index contributed by atoms with van der Waals surface area (Å²) in [4.78, 5) is 12.2. The Hall–Kier alpha value is -1.93. The largest absolute Gasteiger partial charge is 0.394 e. The zero-order valence-electron chi connectivity index (χ0n) is 9.65. The molecule has 8 heteroatoms. The quantitative estimate of drug-likeness (QED) is 0.665. The average Bonchev–Trinajstić information content (AvgIpc) is 2.93. The van der Waals surface area contributed by atoms with Crippen molar-refractivity contribution >= 4 is 22.9 Å². The highest BCUT2D eigenvalue weighted by molar-refractivity contribution is 5.82. The number of hydrogen-bond acceptors (Lipinski definition) is 7. The maximum Gasteiger partial charge on any atom is 0.224 e. The normalized spacial score (nSPS) is 23.8. The molecule has 1 aliphatic heterocycles. The predicted molar refractivity (Wildman–Crippen MR) is 64.4 cm³/mol. The molecule has 96 valence electrons. The van der Waals surface area contributed by atoms with Gasteiger partial charge in [-0.3, -0.25) is 4.57 Å². The third-order valence-electron chi connectivity index (χ3n) is 3.06. The van der Waals surface area contributed by atoms with Crippen LogP contribution in [0.5, 0.6) is 0 Å². The van der Waals surface area contributed by atoms with Crippen LogP contribution in [0.15, 0.2) is 6.33 Å². The van der Waals surface area contributed by atoms with Crippen molar-refractivity contribution in [1.82, 2.24) is 19.5 Å². The summed E-state index contributed by atoms with van der Waals surface area (Å²) in [6.45, 7) is 0.0163. The first kappa shape index (κ1) is 11.2. The molecule has 1 fully saturated rings. The van der Waals surface area contributed by atoms with Gasteiger partial charge in [-0.1, -0.05) is 0 Å². The summed E-state index contributed by atoms with van der Waals surface area (Å²) in [5.74, 6) is 0.367. The van der Waals surface area contributed by atoms with Crippen LogP contribution in [0, 0.1) is 0 Å². The third kappa shape index (κ3) is 1.66. The summed E-state index contributed by atoms with van der Waals surface area (Å²) in [7, 11) is 0. The summed E-state index contributed by atoms with van der Waals surface area (Å²) in [5.41, 5.74) is 12.4. The number of rotatable bonds is 2. The maximum absolute atomic E-state index is 9.07. The van der Waals surface area contributed by atoms with Gasteiger partial charge in [-0.2, -0.15) is 9.97 Å². The van der Waals surface area contributed by atoms with Crippen LogP contribution in [0.2, 0.25) is 0 Å². The van der Waals surface area contributed by atoms with Crippen LogP contribution in [0.3, 0.4) is 0 Å². The standard InChI is InChI=1S/C10H14N6O2/c11-8-7-9(15-10(12)14-8)16(4-13-7)6-2-1-5(3-17)18-6/h4-6,17H,1-3H2,(H4,11,12,14,15)/t5-,6+/m0/s1. The highest BCUT2D eigenvalue weighted by Crippen LogP contribution is 2.30. The van der Waals surface area contributed by atoms with E-state index in [0.29, 0.717) is 11.2 Å². The Kier molecular flexibility index (Phi) is 2.53. The minimum atomic E-state index is -0.194. The van der Waals surface area contributed by atoms with E-state index in [1.807, 2.05) is 0 Å². The Morgan fingerprint density at radius 1 is 1.39 bits per heavy atom. The van der Waals surface area contributed by atoms with E-state index < -0.39 is 0 Å². The van der Waals surface area contributed by atoms with Gasteiger partial charge >= 0.3 is 0 Å². The molecule has 8 nitrogen and oxygen atoms in total. The fourth-order valence-corrected chi connectivity index (χ4v) is 2.19. The SMILES string of the molecule is Nc1nc(N)c2ncn([C@H]3CC[C@@H](CO)O3)c2n1. The number of hydrogen-bond donors (Lipinski definition) is 3. The molecule has 0 amide bonds. The summed E-state index contributed by atoms with van der Waals surface area (Å²) < 4.78 is 7.45. The van der Waals surface area contributed by atoms with E-state index in [2.05, 4.69) is 15.0 Å². The molecule has 0 saturated carbocycles. The number of aliphatic hydroxyl groups is 1. The molecule has 0 aromatic carbocycles. The minimum absolute atomic E-state index is 0.0163. The zero-order chi connectivity index (χ0) is 12.7. The predicted octanol–water partition coefficient (Wildman–Crippen LogP) is -0.339. The molecule has 2 aromatic heterocycles. The lowest BCUT2D eigenvalue weighted by Crippen LogP contribution is -2.14. The number of aromatic nitrogens is 4. The molecule has 0 bridgehead atoms. The van der Waals surface area contributed by atoms with Crippen molar-refractivity contribution in [2.75, 3.05) is 18.1 Å². The van der Waals surface area contributed by atoms with Gasteiger partial charge in [0.1, 0.15) is 11.7 Å². The first-order valence-electron chi connectivity index (χ1n) is 5.71. The fourth-order valence-electron chi connectivity index (χ4n) is 2.19. The van der Waals surface area contributed by atoms with Crippen molar-refractivity contribution in [3.05, 3.63) is 6.33 Å². The number of nitrogen functional groups attached to an aromatic ring is 2. The Morgan fingerprint density at radius 3 is 2.94 bits per heavy atom. The average molecular weight is 250 g/mol.